The van der Waals surface area contributed by atoms with Crippen molar-refractivity contribution < 1.29 is 13.2 Å². The second-order valence-electron chi connectivity index (χ2n) is 7.73. The lowest BCUT2D eigenvalue weighted by Crippen LogP contribution is -2.37. The van der Waals surface area contributed by atoms with Gasteiger partial charge in [0.1, 0.15) is 0 Å². The molecule has 0 saturated carbocycles. The molecule has 1 heterocycles. The first-order valence-electron chi connectivity index (χ1n) is 9.94. The molecule has 156 valence electrons. The molecule has 0 bridgehead atoms. The third-order valence-electron chi connectivity index (χ3n) is 4.99. The fourth-order valence-electron chi connectivity index (χ4n) is 3.29. The molecule has 0 aromatic heterocycles. The van der Waals surface area contributed by atoms with Crippen LogP contribution in [0.15, 0.2) is 58.3 Å². The molecule has 1 aliphatic heterocycles. The highest BCUT2D eigenvalue weighted by Gasteiger charge is 2.28. The molecule has 7 heteroatoms. The Kier molecular flexibility index (Phi) is 7.03. The molecule has 0 aliphatic carbocycles. The van der Waals surface area contributed by atoms with Gasteiger partial charge in [-0.1, -0.05) is 32.9 Å². The second-order valence-corrected chi connectivity index (χ2v) is 11.3. The molecule has 1 aliphatic rings. The van der Waals surface area contributed by atoms with Gasteiger partial charge in [-0.3, -0.25) is 4.79 Å². The van der Waals surface area contributed by atoms with E-state index in [0.29, 0.717) is 35.5 Å². The number of amides is 1. The molecule has 1 saturated heterocycles. The maximum Gasteiger partial charge on any atom is 0.256 e. The minimum absolute atomic E-state index is 0.200. The van der Waals surface area contributed by atoms with Crippen LogP contribution in [0.2, 0.25) is 0 Å². The van der Waals surface area contributed by atoms with E-state index < -0.39 is 10.0 Å². The number of anilines is 1. The summed E-state index contributed by atoms with van der Waals surface area (Å²) in [7, 11) is -3.49. The van der Waals surface area contributed by atoms with Gasteiger partial charge in [0, 0.05) is 28.9 Å². The van der Waals surface area contributed by atoms with Crippen molar-refractivity contribution in [2.45, 2.75) is 48.7 Å². The molecule has 5 nitrogen and oxygen atoms in total. The number of thioether (sulfide) groups is 1. The number of benzene rings is 2. The van der Waals surface area contributed by atoms with Crippen molar-refractivity contribution in [3.8, 4) is 0 Å². The summed E-state index contributed by atoms with van der Waals surface area (Å²) in [4.78, 5) is 13.9. The summed E-state index contributed by atoms with van der Waals surface area (Å²) >= 11 is 1.64. The molecule has 0 atom stereocenters. The predicted octanol–water partition coefficient (Wildman–Crippen LogP) is 4.86. The highest BCUT2D eigenvalue weighted by Crippen LogP contribution is 2.28. The quantitative estimate of drug-likeness (QED) is 0.662. The number of nitrogens with one attached hydrogen (secondary N) is 1. The van der Waals surface area contributed by atoms with E-state index in [1.165, 1.54) is 0 Å². The lowest BCUT2D eigenvalue weighted by Gasteiger charge is -2.29. The minimum Gasteiger partial charge on any atom is -0.322 e. The van der Waals surface area contributed by atoms with Crippen LogP contribution in [0.4, 0.5) is 5.69 Å². The zero-order chi connectivity index (χ0) is 21.0. The van der Waals surface area contributed by atoms with Gasteiger partial charge in [-0.15, -0.1) is 11.8 Å². The topological polar surface area (TPSA) is 66.5 Å². The van der Waals surface area contributed by atoms with Crippen LogP contribution in [-0.2, 0) is 10.0 Å². The van der Waals surface area contributed by atoms with Gasteiger partial charge in [0.15, 0.2) is 0 Å². The van der Waals surface area contributed by atoms with Crippen LogP contribution in [0.25, 0.3) is 0 Å². The standard InChI is InChI=1S/C22H28N2O3S2/c1-16(2)28-21-7-5-4-6-20(21)22(25)23-18-8-10-19(11-9-18)29(26,27)24-14-12-17(3)13-15-24/h4-11,16-17H,12-15H2,1-3H3,(H,23,25). The van der Waals surface area contributed by atoms with Gasteiger partial charge in [-0.25, -0.2) is 8.42 Å². The van der Waals surface area contributed by atoms with Crippen molar-refractivity contribution >= 4 is 33.4 Å². The van der Waals surface area contributed by atoms with E-state index in [4.69, 9.17) is 0 Å². The van der Waals surface area contributed by atoms with Crippen molar-refractivity contribution in [3.05, 3.63) is 54.1 Å². The third-order valence-corrected chi connectivity index (χ3v) is 7.98. The number of carbonyl (C=O) groups excluding carboxylic acids is 1. The fourth-order valence-corrected chi connectivity index (χ4v) is 5.72. The zero-order valence-corrected chi connectivity index (χ0v) is 18.7. The second kappa shape index (κ2) is 9.32. The van der Waals surface area contributed by atoms with Gasteiger partial charge < -0.3 is 5.32 Å². The Morgan fingerprint density at radius 1 is 1.07 bits per heavy atom. The Morgan fingerprint density at radius 3 is 2.31 bits per heavy atom. The summed E-state index contributed by atoms with van der Waals surface area (Å²) in [6.45, 7) is 7.45. The Hall–Kier alpha value is -1.83. The molecule has 1 amide bonds. The Bertz CT molecular complexity index is 948. The predicted molar refractivity (Wildman–Crippen MR) is 119 cm³/mol. The van der Waals surface area contributed by atoms with Crippen LogP contribution in [0.5, 0.6) is 0 Å². The zero-order valence-electron chi connectivity index (χ0n) is 17.1. The van der Waals surface area contributed by atoms with Crippen molar-refractivity contribution in [3.63, 3.8) is 0 Å². The number of hydrogen-bond acceptors (Lipinski definition) is 4. The summed E-state index contributed by atoms with van der Waals surface area (Å²) < 4.78 is 27.2. The molecule has 1 fully saturated rings. The molecule has 0 unspecified atom stereocenters. The maximum absolute atomic E-state index is 12.8. The first-order chi connectivity index (χ1) is 13.8. The van der Waals surface area contributed by atoms with Gasteiger partial charge in [0.05, 0.1) is 10.5 Å². The molecule has 29 heavy (non-hydrogen) atoms. The van der Waals surface area contributed by atoms with Crippen LogP contribution in [0.3, 0.4) is 0 Å². The summed E-state index contributed by atoms with van der Waals surface area (Å²) in [5.74, 6) is 0.366. The SMILES string of the molecule is CC1CCN(S(=O)(=O)c2ccc(NC(=O)c3ccccc3SC(C)C)cc2)CC1. The molecular formula is C22H28N2O3S2. The molecule has 2 aromatic rings. The largest absolute Gasteiger partial charge is 0.322 e. The van der Waals surface area contributed by atoms with E-state index in [0.717, 1.165) is 17.7 Å². The van der Waals surface area contributed by atoms with Crippen molar-refractivity contribution in [1.82, 2.24) is 4.31 Å². The minimum atomic E-state index is -3.49. The van der Waals surface area contributed by atoms with E-state index in [9.17, 15) is 13.2 Å². The fraction of sp³-hybridized carbons (Fsp3) is 0.409. The molecule has 2 aromatic carbocycles. The summed E-state index contributed by atoms with van der Waals surface area (Å²) in [6, 6.07) is 13.9. The molecule has 1 N–H and O–H groups in total. The molecular weight excluding hydrogens is 404 g/mol. The first kappa shape index (κ1) is 21.9. The normalized spacial score (nSPS) is 16.1. The monoisotopic (exact) mass is 432 g/mol. The van der Waals surface area contributed by atoms with Gasteiger partial charge in [-0.2, -0.15) is 4.31 Å². The third kappa shape index (κ3) is 5.41. The van der Waals surface area contributed by atoms with E-state index >= 15 is 0 Å². The van der Waals surface area contributed by atoms with Gasteiger partial charge in [-0.05, 0) is 55.2 Å². The summed E-state index contributed by atoms with van der Waals surface area (Å²) in [5.41, 5.74) is 1.19. The van der Waals surface area contributed by atoms with Crippen molar-refractivity contribution in [1.29, 1.82) is 0 Å². The summed E-state index contributed by atoms with van der Waals surface area (Å²) in [5, 5.41) is 3.24. The number of sulfonamides is 1. The highest BCUT2D eigenvalue weighted by molar-refractivity contribution is 8.00. The van der Waals surface area contributed by atoms with Crippen LogP contribution < -0.4 is 5.32 Å². The van der Waals surface area contributed by atoms with Crippen LogP contribution in [-0.4, -0.2) is 37.0 Å². The number of piperidine rings is 1. The van der Waals surface area contributed by atoms with Crippen LogP contribution in [0.1, 0.15) is 44.0 Å². The Morgan fingerprint density at radius 2 is 1.69 bits per heavy atom. The molecule has 3 rings (SSSR count). The maximum atomic E-state index is 12.8. The van der Waals surface area contributed by atoms with Crippen molar-refractivity contribution in [2.75, 3.05) is 18.4 Å². The Balaban J connectivity index is 1.72. The van der Waals surface area contributed by atoms with Crippen LogP contribution >= 0.6 is 11.8 Å². The van der Waals surface area contributed by atoms with E-state index in [2.05, 4.69) is 26.1 Å². The smallest absolute Gasteiger partial charge is 0.256 e. The molecule has 0 radical (unpaired) electrons. The number of hydrogen-bond donors (Lipinski definition) is 1. The van der Waals surface area contributed by atoms with Gasteiger partial charge in [0.25, 0.3) is 5.91 Å². The lowest BCUT2D eigenvalue weighted by molar-refractivity contribution is 0.102. The van der Waals surface area contributed by atoms with E-state index in [1.807, 2.05) is 18.2 Å². The Labute approximate surface area is 177 Å². The first-order valence-corrected chi connectivity index (χ1v) is 12.3. The lowest BCUT2D eigenvalue weighted by atomic mass is 10.0. The van der Waals surface area contributed by atoms with Gasteiger partial charge >= 0.3 is 0 Å². The van der Waals surface area contributed by atoms with E-state index in [1.54, 1.807) is 46.4 Å². The molecule has 0 spiro atoms. The average molecular weight is 433 g/mol. The van der Waals surface area contributed by atoms with Crippen molar-refractivity contribution in [2.24, 2.45) is 5.92 Å². The number of nitrogens with zero attached hydrogens (tertiary/aromatic N) is 1. The number of rotatable bonds is 6. The highest BCUT2D eigenvalue weighted by atomic mass is 32.2. The number of carbonyl (C=O) groups is 1. The average Bonchev–Trinajstić information content (AvgIpc) is 2.68. The van der Waals surface area contributed by atoms with E-state index in [-0.39, 0.29) is 10.8 Å². The van der Waals surface area contributed by atoms with Crippen LogP contribution in [0, 0.1) is 5.92 Å². The van der Waals surface area contributed by atoms with Gasteiger partial charge in [0.2, 0.25) is 10.0 Å². The summed E-state index contributed by atoms with van der Waals surface area (Å²) in [6.07, 6.45) is 1.78.